The second-order valence-electron chi connectivity index (χ2n) is 12.8. The van der Waals surface area contributed by atoms with E-state index in [1.165, 1.54) is 4.90 Å². The number of likely N-dealkylation sites (N-methyl/N-ethyl adjacent to an activating group) is 1. The zero-order valence-corrected chi connectivity index (χ0v) is 25.2. The summed E-state index contributed by atoms with van der Waals surface area (Å²) in [5.41, 5.74) is 3.00. The van der Waals surface area contributed by atoms with Crippen LogP contribution < -0.4 is 5.73 Å². The van der Waals surface area contributed by atoms with Crippen molar-refractivity contribution in [2.24, 2.45) is 23.5 Å². The number of halogens is 1. The van der Waals surface area contributed by atoms with E-state index < -0.39 is 58.0 Å². The number of hydrogen-bond donors (Lipinski definition) is 5. The Morgan fingerprint density at radius 1 is 1.21 bits per heavy atom. The third-order valence-electron chi connectivity index (χ3n) is 9.65. The second-order valence-corrected chi connectivity index (χ2v) is 13.2. The predicted octanol–water partition coefficient (Wildman–Crippen LogP) is 3.19. The average molecular weight is 602 g/mol. The van der Waals surface area contributed by atoms with E-state index in [0.717, 1.165) is 44.3 Å². The van der Waals surface area contributed by atoms with Crippen LogP contribution in [0.4, 0.5) is 0 Å². The molecular weight excluding hydrogens is 562 g/mol. The molecule has 1 heterocycles. The fourth-order valence-electron chi connectivity index (χ4n) is 7.59. The lowest BCUT2D eigenvalue weighted by Gasteiger charge is -2.50. The molecular formula is C31H40ClN3O7. The summed E-state index contributed by atoms with van der Waals surface area (Å²) in [6, 6.07) is 0.426. The number of piperidine rings is 1. The minimum Gasteiger partial charge on any atom is -0.508 e. The summed E-state index contributed by atoms with van der Waals surface area (Å²) in [4.78, 5) is 43.3. The molecule has 1 aliphatic heterocycles. The van der Waals surface area contributed by atoms with Gasteiger partial charge in [-0.2, -0.15) is 0 Å². The van der Waals surface area contributed by atoms with Crippen molar-refractivity contribution < 1.29 is 34.8 Å². The maximum absolute atomic E-state index is 14.0. The van der Waals surface area contributed by atoms with Gasteiger partial charge in [0.05, 0.1) is 11.6 Å². The predicted molar refractivity (Wildman–Crippen MR) is 157 cm³/mol. The van der Waals surface area contributed by atoms with Gasteiger partial charge < -0.3 is 26.2 Å². The minimum atomic E-state index is -2.66. The van der Waals surface area contributed by atoms with E-state index in [1.807, 2.05) is 0 Å². The first-order valence-corrected chi connectivity index (χ1v) is 15.0. The SMILES string of the molecule is CC(C)CCN1CCCCC1c1cc(O)c2c(c1Cl)C[C@H]1C[C@H]3[C@H](N(C)C)C(=O)C(C(N)=O)=C(O)[C@@]3(O)C(=O)C1=C2O. The van der Waals surface area contributed by atoms with E-state index in [1.54, 1.807) is 20.2 Å². The van der Waals surface area contributed by atoms with Crippen LogP contribution in [0.2, 0.25) is 5.02 Å². The lowest BCUT2D eigenvalue weighted by Crippen LogP contribution is -2.65. The van der Waals surface area contributed by atoms with Crippen LogP contribution in [0.3, 0.4) is 0 Å². The molecule has 1 amide bonds. The zero-order valence-electron chi connectivity index (χ0n) is 24.5. The van der Waals surface area contributed by atoms with Gasteiger partial charge in [0.15, 0.2) is 11.4 Å². The number of fused-ring (bicyclic) bond motifs is 3. The first-order chi connectivity index (χ1) is 19.7. The molecule has 0 spiro atoms. The van der Waals surface area contributed by atoms with Gasteiger partial charge in [-0.3, -0.25) is 24.2 Å². The van der Waals surface area contributed by atoms with Crippen LogP contribution in [0.5, 0.6) is 5.75 Å². The van der Waals surface area contributed by atoms with Gasteiger partial charge in [-0.05, 0) is 88.3 Å². The van der Waals surface area contributed by atoms with Crippen LogP contribution in [-0.2, 0) is 20.8 Å². The molecule has 6 N–H and O–H groups in total. The van der Waals surface area contributed by atoms with Gasteiger partial charge in [-0.25, -0.2) is 0 Å². The Labute approximate surface area is 250 Å². The lowest BCUT2D eigenvalue weighted by molar-refractivity contribution is -0.153. The Morgan fingerprint density at radius 2 is 1.90 bits per heavy atom. The van der Waals surface area contributed by atoms with Gasteiger partial charge in [-0.1, -0.05) is 31.9 Å². The standard InChI is InChI=1S/C31H40ClN3O7/c1-14(2)8-10-35-9-6-5-7-19(35)16-13-20(36)22-17(24(16)32)11-15-12-18-25(34(3)4)27(38)23(30(33)41)29(40)31(18,42)28(39)21(15)26(22)37/h13-15,18-19,25,36-37,40,42H,5-12H2,1-4H3,(H2,33,41)/t15-,18-,19?,25-,31-/m0/s1. The van der Waals surface area contributed by atoms with Crippen molar-refractivity contribution in [1.82, 2.24) is 9.80 Å². The Bertz CT molecular complexity index is 1420. The summed E-state index contributed by atoms with van der Waals surface area (Å²) in [7, 11) is 3.15. The molecule has 10 nitrogen and oxygen atoms in total. The first-order valence-electron chi connectivity index (χ1n) is 14.6. The van der Waals surface area contributed by atoms with Gasteiger partial charge >= 0.3 is 0 Å². The number of Topliss-reactive ketones (excluding diaryl/α,β-unsaturated/α-hetero) is 2. The van der Waals surface area contributed by atoms with Gasteiger partial charge in [0.25, 0.3) is 5.91 Å². The Kier molecular flexibility index (Phi) is 7.98. The number of aliphatic hydroxyl groups excluding tert-OH is 2. The van der Waals surface area contributed by atoms with Crippen LogP contribution in [0, 0.1) is 17.8 Å². The van der Waals surface area contributed by atoms with E-state index >= 15 is 0 Å². The summed E-state index contributed by atoms with van der Waals surface area (Å²) < 4.78 is 0. The fourth-order valence-corrected chi connectivity index (χ4v) is 7.94. The van der Waals surface area contributed by atoms with Gasteiger partial charge in [-0.15, -0.1) is 0 Å². The van der Waals surface area contributed by atoms with E-state index in [-0.39, 0.29) is 35.8 Å². The normalized spacial score (nSPS) is 30.1. The van der Waals surface area contributed by atoms with Gasteiger partial charge in [0.2, 0.25) is 5.78 Å². The number of ketones is 2. The summed E-state index contributed by atoms with van der Waals surface area (Å²) >= 11 is 7.07. The van der Waals surface area contributed by atoms with E-state index in [4.69, 9.17) is 17.3 Å². The molecule has 3 aliphatic carbocycles. The van der Waals surface area contributed by atoms with E-state index in [2.05, 4.69) is 18.7 Å². The lowest BCUT2D eigenvalue weighted by atomic mass is 9.57. The van der Waals surface area contributed by atoms with Crippen molar-refractivity contribution >= 4 is 34.8 Å². The summed E-state index contributed by atoms with van der Waals surface area (Å²) in [5, 5.41) is 45.9. The van der Waals surface area contributed by atoms with E-state index in [0.29, 0.717) is 16.5 Å². The Hall–Kier alpha value is -2.92. The highest BCUT2D eigenvalue weighted by atomic mass is 35.5. The van der Waals surface area contributed by atoms with Gasteiger partial charge in [0, 0.05) is 22.6 Å². The molecule has 4 aliphatic rings. The van der Waals surface area contributed by atoms with Crippen molar-refractivity contribution in [2.75, 3.05) is 27.2 Å². The number of benzene rings is 1. The van der Waals surface area contributed by atoms with Crippen LogP contribution in [0.15, 0.2) is 23.0 Å². The third-order valence-corrected chi connectivity index (χ3v) is 10.1. The highest BCUT2D eigenvalue weighted by molar-refractivity contribution is 6.33. The molecule has 0 bridgehead atoms. The van der Waals surface area contributed by atoms with E-state index in [9.17, 15) is 34.8 Å². The molecule has 1 saturated heterocycles. The molecule has 1 aromatic carbocycles. The Balaban J connectivity index is 1.63. The summed E-state index contributed by atoms with van der Waals surface area (Å²) in [6.07, 6.45) is 4.20. The molecule has 0 radical (unpaired) electrons. The highest BCUT2D eigenvalue weighted by Crippen LogP contribution is 2.54. The number of carbonyl (C=O) groups excluding carboxylic acids is 3. The molecule has 1 saturated carbocycles. The quantitative estimate of drug-likeness (QED) is 0.308. The molecule has 1 unspecified atom stereocenters. The molecule has 228 valence electrons. The molecule has 0 aromatic heterocycles. The number of phenolic OH excluding ortho intramolecular Hbond substituents is 1. The van der Waals surface area contributed by atoms with Crippen molar-refractivity contribution in [3.05, 3.63) is 44.7 Å². The highest BCUT2D eigenvalue weighted by Gasteiger charge is 2.64. The Morgan fingerprint density at radius 3 is 2.52 bits per heavy atom. The average Bonchev–Trinajstić information content (AvgIpc) is 2.91. The monoisotopic (exact) mass is 601 g/mol. The fraction of sp³-hybridized carbons (Fsp3) is 0.581. The van der Waals surface area contributed by atoms with Crippen molar-refractivity contribution in [3.8, 4) is 5.75 Å². The number of aromatic hydroxyl groups is 1. The number of aliphatic hydroxyl groups is 3. The number of hydrogen-bond acceptors (Lipinski definition) is 9. The number of carbonyl (C=O) groups is 3. The number of amides is 1. The van der Waals surface area contributed by atoms with Gasteiger partial charge in [0.1, 0.15) is 22.8 Å². The molecule has 2 fully saturated rings. The number of nitrogens with two attached hydrogens (primary N) is 1. The second kappa shape index (κ2) is 11.0. The smallest absolute Gasteiger partial charge is 0.255 e. The van der Waals surface area contributed by atoms with Crippen LogP contribution in [-0.4, -0.2) is 86.5 Å². The maximum atomic E-state index is 14.0. The van der Waals surface area contributed by atoms with Crippen LogP contribution >= 0.6 is 11.6 Å². The number of nitrogens with zero attached hydrogens (tertiary/aromatic N) is 2. The number of rotatable bonds is 6. The summed E-state index contributed by atoms with van der Waals surface area (Å²) in [5.74, 6) is -6.19. The third kappa shape index (κ3) is 4.54. The van der Waals surface area contributed by atoms with Crippen LogP contribution in [0.25, 0.3) is 5.76 Å². The molecule has 42 heavy (non-hydrogen) atoms. The topological polar surface area (TPSA) is 165 Å². The zero-order chi connectivity index (χ0) is 30.8. The summed E-state index contributed by atoms with van der Waals surface area (Å²) in [6.45, 7) is 6.18. The molecule has 11 heteroatoms. The molecule has 5 atom stereocenters. The number of primary amides is 1. The van der Waals surface area contributed by atoms with Crippen molar-refractivity contribution in [2.45, 2.75) is 70.1 Å². The number of phenols is 1. The first kappa shape index (κ1) is 30.5. The minimum absolute atomic E-state index is 0.00445. The molecule has 5 rings (SSSR count). The molecule has 1 aromatic rings. The van der Waals surface area contributed by atoms with Crippen molar-refractivity contribution in [3.63, 3.8) is 0 Å². The van der Waals surface area contributed by atoms with Crippen molar-refractivity contribution in [1.29, 1.82) is 0 Å². The maximum Gasteiger partial charge on any atom is 0.255 e. The van der Waals surface area contributed by atoms with Crippen LogP contribution in [0.1, 0.15) is 68.7 Å². The largest absolute Gasteiger partial charge is 0.508 e. The number of likely N-dealkylation sites (tertiary alicyclic amines) is 1.